The van der Waals surface area contributed by atoms with E-state index >= 15 is 0 Å². The summed E-state index contributed by atoms with van der Waals surface area (Å²) in [5, 5.41) is 4.25. The lowest BCUT2D eigenvalue weighted by atomic mass is 10.6. The molecule has 0 aromatic carbocycles. The van der Waals surface area contributed by atoms with Crippen LogP contribution < -0.4 is 5.32 Å². The summed E-state index contributed by atoms with van der Waals surface area (Å²) in [4.78, 5) is 0. The number of hydrogen-bond donors (Lipinski definition) is 1. The van der Waals surface area contributed by atoms with Crippen LogP contribution in [-0.4, -0.2) is 27.3 Å². The number of nitrogens with one attached hydrogen (secondary N) is 1. The lowest BCUT2D eigenvalue weighted by Crippen LogP contribution is -2.12. The third kappa shape index (κ3) is 6.06. The zero-order valence-corrected chi connectivity index (χ0v) is 7.82. The van der Waals surface area contributed by atoms with Gasteiger partial charge in [0.25, 0.3) is 0 Å². The highest BCUT2D eigenvalue weighted by Gasteiger charge is 1.98. The van der Waals surface area contributed by atoms with Crippen LogP contribution in [0, 0.1) is 0 Å². The Bertz CT molecular complexity index is 206. The molecule has 0 heterocycles. The Kier molecular flexibility index (Phi) is 5.15. The Morgan fingerprint density at radius 2 is 2.00 bits per heavy atom. The van der Waals surface area contributed by atoms with E-state index < -0.39 is 9.84 Å². The zero-order valence-electron chi connectivity index (χ0n) is 7.00. The van der Waals surface area contributed by atoms with E-state index in [2.05, 4.69) is 5.32 Å². The van der Waals surface area contributed by atoms with Crippen molar-refractivity contribution in [2.45, 2.75) is 13.8 Å². The molecule has 0 aliphatic carbocycles. The molecule has 4 heteroatoms. The average Bonchev–Trinajstić information content (AvgIpc) is 1.99. The van der Waals surface area contributed by atoms with Crippen molar-refractivity contribution < 1.29 is 8.42 Å². The fourth-order valence-corrected chi connectivity index (χ4v) is 1.10. The summed E-state index contributed by atoms with van der Waals surface area (Å²) in [7, 11) is -2.92. The molecule has 3 nitrogen and oxygen atoms in total. The summed E-state index contributed by atoms with van der Waals surface area (Å²) in [6.45, 7) is 5.08. The summed E-state index contributed by atoms with van der Waals surface area (Å²) in [5.74, 6) is 0.176. The second kappa shape index (κ2) is 5.32. The Balaban J connectivity index is 3.74. The maximum atomic E-state index is 10.8. The second-order valence-electron chi connectivity index (χ2n) is 2.13. The van der Waals surface area contributed by atoms with Crippen LogP contribution in [0.4, 0.5) is 0 Å². The normalized spacial score (nSPS) is 12.5. The van der Waals surface area contributed by atoms with Crippen molar-refractivity contribution in [1.82, 2.24) is 5.32 Å². The fraction of sp³-hybridized carbons (Fsp3) is 0.714. The second-order valence-corrected chi connectivity index (χ2v) is 4.31. The van der Waals surface area contributed by atoms with Crippen molar-refractivity contribution in [2.75, 3.05) is 18.8 Å². The van der Waals surface area contributed by atoms with Crippen molar-refractivity contribution in [3.8, 4) is 0 Å². The highest BCUT2D eigenvalue weighted by Crippen LogP contribution is 1.89. The van der Waals surface area contributed by atoms with Crippen LogP contribution in [0.2, 0.25) is 0 Å². The zero-order chi connectivity index (χ0) is 8.74. The standard InChI is InChI=1S/C7H15NO2S/c1-3-8-6-5-7-11(9,10)4-2/h5,7-8H,3-4,6H2,1-2H3. The lowest BCUT2D eigenvalue weighted by molar-refractivity contribution is 0.605. The highest BCUT2D eigenvalue weighted by atomic mass is 32.2. The van der Waals surface area contributed by atoms with Crippen LogP contribution in [0.1, 0.15) is 13.8 Å². The van der Waals surface area contributed by atoms with E-state index in [1.165, 1.54) is 5.41 Å². The van der Waals surface area contributed by atoms with Gasteiger partial charge in [-0.15, -0.1) is 0 Å². The van der Waals surface area contributed by atoms with Gasteiger partial charge < -0.3 is 5.32 Å². The third-order valence-electron chi connectivity index (χ3n) is 1.22. The molecule has 0 spiro atoms. The van der Waals surface area contributed by atoms with Crippen LogP contribution >= 0.6 is 0 Å². The molecule has 0 radical (unpaired) electrons. The van der Waals surface area contributed by atoms with Crippen LogP contribution in [-0.2, 0) is 9.84 Å². The van der Waals surface area contributed by atoms with Crippen LogP contribution in [0.15, 0.2) is 11.5 Å². The first kappa shape index (κ1) is 10.7. The van der Waals surface area contributed by atoms with E-state index in [0.29, 0.717) is 6.54 Å². The van der Waals surface area contributed by atoms with Crippen molar-refractivity contribution in [2.24, 2.45) is 0 Å². The Hall–Kier alpha value is -0.350. The van der Waals surface area contributed by atoms with Gasteiger partial charge in [-0.1, -0.05) is 19.9 Å². The molecule has 66 valence electrons. The van der Waals surface area contributed by atoms with Crippen LogP contribution in [0.3, 0.4) is 0 Å². The predicted octanol–water partition coefficient (Wildman–Crippen LogP) is 0.544. The summed E-state index contributed by atoms with van der Waals surface area (Å²) in [6, 6.07) is 0. The first-order valence-corrected chi connectivity index (χ1v) is 5.44. The molecule has 0 aromatic rings. The van der Waals surface area contributed by atoms with Gasteiger partial charge in [-0.25, -0.2) is 8.42 Å². The van der Waals surface area contributed by atoms with E-state index in [1.807, 2.05) is 6.92 Å². The van der Waals surface area contributed by atoms with E-state index in [-0.39, 0.29) is 5.75 Å². The summed E-state index contributed by atoms with van der Waals surface area (Å²) in [6.07, 6.45) is 1.63. The van der Waals surface area contributed by atoms with E-state index in [0.717, 1.165) is 6.54 Å². The fourth-order valence-electron chi connectivity index (χ4n) is 0.519. The maximum absolute atomic E-state index is 10.8. The van der Waals surface area contributed by atoms with Gasteiger partial charge in [-0.2, -0.15) is 0 Å². The molecular formula is C7H15NO2S. The number of sulfone groups is 1. The van der Waals surface area contributed by atoms with Crippen LogP contribution in [0.5, 0.6) is 0 Å². The molecule has 0 unspecified atom stereocenters. The van der Waals surface area contributed by atoms with Gasteiger partial charge >= 0.3 is 0 Å². The van der Waals surface area contributed by atoms with Crippen molar-refractivity contribution in [3.63, 3.8) is 0 Å². The molecule has 0 aromatic heterocycles. The first-order chi connectivity index (χ1) is 5.12. The van der Waals surface area contributed by atoms with E-state index in [9.17, 15) is 8.42 Å². The van der Waals surface area contributed by atoms with Crippen LogP contribution in [0.25, 0.3) is 0 Å². The quantitative estimate of drug-likeness (QED) is 0.624. The molecule has 0 bridgehead atoms. The van der Waals surface area contributed by atoms with Crippen molar-refractivity contribution in [3.05, 3.63) is 11.5 Å². The minimum Gasteiger partial charge on any atom is -0.314 e. The third-order valence-corrected chi connectivity index (χ3v) is 2.63. The first-order valence-electron chi connectivity index (χ1n) is 3.72. The van der Waals surface area contributed by atoms with Crippen molar-refractivity contribution >= 4 is 9.84 Å². The maximum Gasteiger partial charge on any atom is 0.171 e. The summed E-state index contributed by atoms with van der Waals surface area (Å²) >= 11 is 0. The molecule has 0 saturated carbocycles. The van der Waals surface area contributed by atoms with Gasteiger partial charge in [-0.05, 0) is 6.54 Å². The smallest absolute Gasteiger partial charge is 0.171 e. The molecule has 0 fully saturated rings. The monoisotopic (exact) mass is 177 g/mol. The summed E-state index contributed by atoms with van der Waals surface area (Å²) < 4.78 is 21.7. The molecule has 1 N–H and O–H groups in total. The molecule has 11 heavy (non-hydrogen) atoms. The molecule has 0 amide bonds. The van der Waals surface area contributed by atoms with E-state index in [4.69, 9.17) is 0 Å². The minimum atomic E-state index is -2.92. The minimum absolute atomic E-state index is 0.176. The number of rotatable bonds is 5. The Morgan fingerprint density at radius 1 is 1.36 bits per heavy atom. The Labute approximate surface area is 68.4 Å². The van der Waals surface area contributed by atoms with Gasteiger partial charge in [0.2, 0.25) is 0 Å². The van der Waals surface area contributed by atoms with Gasteiger partial charge in [0.15, 0.2) is 9.84 Å². The number of likely N-dealkylation sites (N-methyl/N-ethyl adjacent to an activating group) is 1. The molecule has 0 atom stereocenters. The molecule has 0 saturated heterocycles. The molecule has 0 rings (SSSR count). The topological polar surface area (TPSA) is 46.2 Å². The highest BCUT2D eigenvalue weighted by molar-refractivity contribution is 7.94. The largest absolute Gasteiger partial charge is 0.314 e. The van der Waals surface area contributed by atoms with Crippen molar-refractivity contribution in [1.29, 1.82) is 0 Å². The van der Waals surface area contributed by atoms with Gasteiger partial charge in [-0.3, -0.25) is 0 Å². The van der Waals surface area contributed by atoms with Gasteiger partial charge in [0.1, 0.15) is 0 Å². The average molecular weight is 177 g/mol. The Morgan fingerprint density at radius 3 is 2.45 bits per heavy atom. The van der Waals surface area contributed by atoms with Gasteiger partial charge in [0, 0.05) is 12.0 Å². The number of hydrogen-bond acceptors (Lipinski definition) is 3. The predicted molar refractivity (Wildman–Crippen MR) is 47.1 cm³/mol. The molecular weight excluding hydrogens is 162 g/mol. The lowest BCUT2D eigenvalue weighted by Gasteiger charge is -1.93. The molecule has 0 aliphatic heterocycles. The summed E-state index contributed by atoms with van der Waals surface area (Å²) in [5.41, 5.74) is 0. The van der Waals surface area contributed by atoms with Gasteiger partial charge in [0.05, 0.1) is 5.75 Å². The SMILES string of the molecule is CCNCC=CS(=O)(=O)CC. The van der Waals surface area contributed by atoms with E-state index in [1.54, 1.807) is 13.0 Å². The molecule has 0 aliphatic rings.